The first-order valence-corrected chi connectivity index (χ1v) is 15.8. The van der Waals surface area contributed by atoms with Crippen molar-refractivity contribution in [3.8, 4) is 11.1 Å². The Morgan fingerprint density at radius 3 is 1.56 bits per heavy atom. The van der Waals surface area contributed by atoms with E-state index in [9.17, 15) is 0 Å². The lowest BCUT2D eigenvalue weighted by atomic mass is 9.66. The molecule has 43 heavy (non-hydrogen) atoms. The maximum absolute atomic E-state index is 6.56. The summed E-state index contributed by atoms with van der Waals surface area (Å²) in [6.45, 7) is 16.9. The molecule has 5 aliphatic rings. The first kappa shape index (κ1) is 27.6. The minimum atomic E-state index is -0.438. The van der Waals surface area contributed by atoms with Gasteiger partial charge in [0.15, 0.2) is 0 Å². The zero-order valence-electron chi connectivity index (χ0n) is 26.6. The van der Waals surface area contributed by atoms with E-state index >= 15 is 0 Å². The van der Waals surface area contributed by atoms with Crippen LogP contribution < -0.4 is 10.9 Å². The molecule has 6 heteroatoms. The van der Waals surface area contributed by atoms with Crippen LogP contribution in [0.3, 0.4) is 0 Å². The summed E-state index contributed by atoms with van der Waals surface area (Å²) in [5.74, 6) is 0. The second kappa shape index (κ2) is 8.63. The Balaban J connectivity index is 1.36. The van der Waals surface area contributed by atoms with E-state index in [1.54, 1.807) is 0 Å². The zero-order chi connectivity index (χ0) is 30.2. The van der Waals surface area contributed by atoms with Crippen LogP contribution in [0.15, 0.2) is 78.4 Å². The fraction of sp³-hybridized carbons (Fsp3) is 0.405. The number of allylic oxidation sites excluding steroid dienone is 4. The van der Waals surface area contributed by atoms with Gasteiger partial charge in [-0.25, -0.2) is 0 Å². The first-order valence-electron chi connectivity index (χ1n) is 15.8. The molecule has 218 valence electrons. The number of fused-ring (bicyclic) bond motifs is 10. The van der Waals surface area contributed by atoms with Crippen LogP contribution in [0.1, 0.15) is 90.5 Å². The molecule has 1 atom stereocenters. The molecule has 0 radical (unpaired) electrons. The Kier molecular flexibility index (Phi) is 5.55. The molecule has 1 spiro atoms. The average molecular weight is 570 g/mol. The van der Waals surface area contributed by atoms with Crippen molar-refractivity contribution in [1.82, 2.24) is 0 Å². The van der Waals surface area contributed by atoms with E-state index in [1.807, 2.05) is 0 Å². The average Bonchev–Trinajstić information content (AvgIpc) is 3.57. The van der Waals surface area contributed by atoms with Crippen LogP contribution in [0.4, 0.5) is 0 Å². The van der Waals surface area contributed by atoms with Crippen LogP contribution in [0.2, 0.25) is 0 Å². The molecule has 4 nitrogen and oxygen atoms in total. The van der Waals surface area contributed by atoms with Gasteiger partial charge in [-0.05, 0) is 124 Å². The maximum Gasteiger partial charge on any atom is 0.494 e. The van der Waals surface area contributed by atoms with Gasteiger partial charge in [-0.2, -0.15) is 0 Å². The predicted octanol–water partition coefficient (Wildman–Crippen LogP) is 6.72. The van der Waals surface area contributed by atoms with Gasteiger partial charge in [0, 0.05) is 0 Å². The summed E-state index contributed by atoms with van der Waals surface area (Å²) in [6.07, 6.45) is 7.01. The number of rotatable bonds is 2. The summed E-state index contributed by atoms with van der Waals surface area (Å²) < 4.78 is 26.2. The lowest BCUT2D eigenvalue weighted by molar-refractivity contribution is 0.00578. The molecule has 0 aromatic heterocycles. The Morgan fingerprint density at radius 2 is 0.977 bits per heavy atom. The molecular formula is C37H40B2O4. The second-order valence-corrected chi connectivity index (χ2v) is 14.9. The van der Waals surface area contributed by atoms with Gasteiger partial charge in [0.05, 0.1) is 27.8 Å². The summed E-state index contributed by atoms with van der Waals surface area (Å²) >= 11 is 0. The zero-order valence-corrected chi connectivity index (χ0v) is 26.6. The summed E-state index contributed by atoms with van der Waals surface area (Å²) in [4.78, 5) is 0. The van der Waals surface area contributed by atoms with Crippen molar-refractivity contribution in [2.24, 2.45) is 0 Å². The van der Waals surface area contributed by atoms with E-state index in [1.165, 1.54) is 44.5 Å². The highest BCUT2D eigenvalue weighted by Gasteiger charge is 2.57. The van der Waals surface area contributed by atoms with Crippen molar-refractivity contribution >= 4 is 30.7 Å². The van der Waals surface area contributed by atoms with Gasteiger partial charge in [-0.3, -0.25) is 0 Å². The number of hydrogen-bond donors (Lipinski definition) is 0. The van der Waals surface area contributed by atoms with Gasteiger partial charge in [0.1, 0.15) is 0 Å². The molecule has 2 aliphatic heterocycles. The minimum absolute atomic E-state index is 0.405. The summed E-state index contributed by atoms with van der Waals surface area (Å²) in [7, 11) is -0.853. The Bertz CT molecular complexity index is 1730. The molecule has 2 heterocycles. The van der Waals surface area contributed by atoms with Gasteiger partial charge in [0.25, 0.3) is 0 Å². The van der Waals surface area contributed by atoms with E-state index in [-0.39, 0.29) is 0 Å². The Morgan fingerprint density at radius 1 is 0.512 bits per heavy atom. The van der Waals surface area contributed by atoms with Crippen LogP contribution in [0, 0.1) is 0 Å². The van der Waals surface area contributed by atoms with Gasteiger partial charge >= 0.3 is 14.2 Å². The second-order valence-electron chi connectivity index (χ2n) is 14.9. The molecule has 0 N–H and O–H groups in total. The molecule has 3 aromatic rings. The van der Waals surface area contributed by atoms with Gasteiger partial charge in [0.2, 0.25) is 0 Å². The third kappa shape index (κ3) is 3.55. The summed E-state index contributed by atoms with van der Waals surface area (Å²) in [6, 6.07) is 22.7. The Hall–Kier alpha value is -2.89. The van der Waals surface area contributed by atoms with Crippen LogP contribution in [0.5, 0.6) is 0 Å². The first-order chi connectivity index (χ1) is 20.3. The van der Waals surface area contributed by atoms with Crippen LogP contribution in [-0.2, 0) is 24.0 Å². The molecule has 0 saturated carbocycles. The molecule has 0 bridgehead atoms. The molecule has 3 aromatic carbocycles. The van der Waals surface area contributed by atoms with E-state index in [2.05, 4.69) is 128 Å². The molecule has 2 saturated heterocycles. The van der Waals surface area contributed by atoms with Crippen molar-refractivity contribution in [1.29, 1.82) is 0 Å². The third-order valence-electron chi connectivity index (χ3n) is 11.4. The van der Waals surface area contributed by atoms with E-state index in [4.69, 9.17) is 18.6 Å². The smallest absolute Gasteiger partial charge is 0.399 e. The maximum atomic E-state index is 6.56. The molecule has 0 amide bonds. The van der Waals surface area contributed by atoms with E-state index in [0.717, 1.165) is 23.8 Å². The topological polar surface area (TPSA) is 36.9 Å². The standard InChI is InChI=1S/C37H40B2O4/c1-33(2)34(3,4)41-38(40-33)23-17-19-27-25-13-9-11-15-29(25)37(31(27)21-23)30-16-12-10-14-26(30)28-20-18-24(22-32(28)37)39-42-35(5,6)36(7,8)43-39/h9,11,13-22H,10,12H2,1-8H3. The van der Waals surface area contributed by atoms with Crippen molar-refractivity contribution in [2.45, 2.75) is 96.1 Å². The monoisotopic (exact) mass is 570 g/mol. The SMILES string of the molecule is CC1(C)OB(c2ccc3c(c2)C2(C4=CCCC=C43)c3ccccc3-c3ccc(B4OC(C)(C)C(C)(C)O4)cc32)OC1(C)C. The lowest BCUT2D eigenvalue weighted by Crippen LogP contribution is -2.41. The van der Waals surface area contributed by atoms with Crippen molar-refractivity contribution < 1.29 is 18.6 Å². The quantitative estimate of drug-likeness (QED) is 0.321. The van der Waals surface area contributed by atoms with Gasteiger partial charge in [-0.1, -0.05) is 72.8 Å². The van der Waals surface area contributed by atoms with Crippen LogP contribution in [-0.4, -0.2) is 36.6 Å². The number of benzene rings is 3. The number of hydrogen-bond acceptors (Lipinski definition) is 4. The Labute approximate surface area is 256 Å². The molecular weight excluding hydrogens is 530 g/mol. The largest absolute Gasteiger partial charge is 0.494 e. The van der Waals surface area contributed by atoms with Gasteiger partial charge in [-0.15, -0.1) is 0 Å². The fourth-order valence-corrected chi connectivity index (χ4v) is 7.67. The van der Waals surface area contributed by atoms with Gasteiger partial charge < -0.3 is 18.6 Å². The highest BCUT2D eigenvalue weighted by molar-refractivity contribution is 6.62. The van der Waals surface area contributed by atoms with Crippen molar-refractivity contribution in [2.75, 3.05) is 0 Å². The third-order valence-corrected chi connectivity index (χ3v) is 11.4. The van der Waals surface area contributed by atoms with Crippen LogP contribution in [0.25, 0.3) is 16.7 Å². The molecule has 1 unspecified atom stereocenters. The summed E-state index contributed by atoms with van der Waals surface area (Å²) in [5, 5.41) is 0. The van der Waals surface area contributed by atoms with Crippen LogP contribution >= 0.6 is 0 Å². The lowest BCUT2D eigenvalue weighted by Gasteiger charge is -2.32. The highest BCUT2D eigenvalue weighted by Crippen LogP contribution is 2.64. The molecule has 3 aliphatic carbocycles. The predicted molar refractivity (Wildman–Crippen MR) is 175 cm³/mol. The summed E-state index contributed by atoms with van der Waals surface area (Å²) in [5.41, 5.74) is 10.6. The highest BCUT2D eigenvalue weighted by atomic mass is 16.7. The van der Waals surface area contributed by atoms with E-state index < -0.39 is 42.1 Å². The van der Waals surface area contributed by atoms with Crippen molar-refractivity contribution in [3.05, 3.63) is 101 Å². The molecule has 8 rings (SSSR count). The minimum Gasteiger partial charge on any atom is -0.399 e. The fourth-order valence-electron chi connectivity index (χ4n) is 7.67. The van der Waals surface area contributed by atoms with E-state index in [0.29, 0.717) is 0 Å². The molecule has 2 fully saturated rings. The normalized spacial score (nSPS) is 26.6. The van der Waals surface area contributed by atoms with Crippen molar-refractivity contribution in [3.63, 3.8) is 0 Å².